The van der Waals surface area contributed by atoms with Crippen LogP contribution in [0.4, 0.5) is 5.82 Å². The van der Waals surface area contributed by atoms with E-state index < -0.39 is 11.2 Å². The average Bonchev–Trinajstić information content (AvgIpc) is 2.38. The lowest BCUT2D eigenvalue weighted by Crippen LogP contribution is -2.43. The van der Waals surface area contributed by atoms with Crippen LogP contribution in [-0.4, -0.2) is 41.4 Å². The monoisotopic (exact) mass is 253 g/mol. The summed E-state index contributed by atoms with van der Waals surface area (Å²) in [5.41, 5.74) is -1.01. The number of hydrogen-bond donors (Lipinski definition) is 3. The van der Waals surface area contributed by atoms with Gasteiger partial charge in [0.05, 0.1) is 0 Å². The van der Waals surface area contributed by atoms with Crippen LogP contribution in [0.25, 0.3) is 0 Å². The smallest absolute Gasteiger partial charge is 0.342 e. The lowest BCUT2D eigenvalue weighted by molar-refractivity contribution is 0.350. The fourth-order valence-corrected chi connectivity index (χ4v) is 2.51. The predicted molar refractivity (Wildman–Crippen MR) is 69.0 cm³/mol. The van der Waals surface area contributed by atoms with Gasteiger partial charge in [-0.05, 0) is 32.7 Å². The Balaban J connectivity index is 2.10. The first-order chi connectivity index (χ1) is 8.61. The lowest BCUT2D eigenvalue weighted by atomic mass is 9.90. The van der Waals surface area contributed by atoms with Crippen LogP contribution in [0, 0.1) is 0 Å². The zero-order valence-electron chi connectivity index (χ0n) is 10.7. The first-order valence-electron chi connectivity index (χ1n) is 6.21. The third-order valence-electron chi connectivity index (χ3n) is 3.68. The van der Waals surface area contributed by atoms with E-state index in [2.05, 4.69) is 20.5 Å². The maximum absolute atomic E-state index is 11.7. The highest BCUT2D eigenvalue weighted by Crippen LogP contribution is 2.23. The van der Waals surface area contributed by atoms with E-state index in [9.17, 15) is 9.59 Å². The van der Waals surface area contributed by atoms with Crippen LogP contribution >= 0.6 is 0 Å². The van der Waals surface area contributed by atoms with Gasteiger partial charge in [0.1, 0.15) is 0 Å². The molecule has 0 radical (unpaired) electrons. The second kappa shape index (κ2) is 5.34. The van der Waals surface area contributed by atoms with E-state index in [1.165, 1.54) is 0 Å². The molecule has 1 aromatic heterocycles. The molecule has 0 saturated heterocycles. The second-order valence-corrected chi connectivity index (χ2v) is 4.74. The molecule has 1 aromatic rings. The molecule has 18 heavy (non-hydrogen) atoms. The van der Waals surface area contributed by atoms with Crippen LogP contribution in [-0.2, 0) is 0 Å². The van der Waals surface area contributed by atoms with E-state index in [0.717, 1.165) is 25.7 Å². The quantitative estimate of drug-likeness (QED) is 0.670. The van der Waals surface area contributed by atoms with Crippen LogP contribution < -0.4 is 21.5 Å². The summed E-state index contributed by atoms with van der Waals surface area (Å²) in [4.78, 5) is 26.6. The van der Waals surface area contributed by atoms with Crippen LogP contribution in [0.5, 0.6) is 0 Å². The topological polar surface area (TPSA) is 93.9 Å². The second-order valence-electron chi connectivity index (χ2n) is 4.74. The van der Waals surface area contributed by atoms with E-state index >= 15 is 0 Å². The molecular weight excluding hydrogens is 234 g/mol. The van der Waals surface area contributed by atoms with Crippen molar-refractivity contribution in [1.82, 2.24) is 20.5 Å². The summed E-state index contributed by atoms with van der Waals surface area (Å²) < 4.78 is 0. The molecule has 0 bridgehead atoms. The summed E-state index contributed by atoms with van der Waals surface area (Å²) in [6.07, 6.45) is 4.21. The Labute approximate surface area is 105 Å². The van der Waals surface area contributed by atoms with Gasteiger partial charge in [-0.1, -0.05) is 0 Å². The molecule has 100 valence electrons. The van der Waals surface area contributed by atoms with E-state index in [4.69, 9.17) is 0 Å². The van der Waals surface area contributed by atoms with Gasteiger partial charge in [0, 0.05) is 19.1 Å². The summed E-state index contributed by atoms with van der Waals surface area (Å²) in [6.45, 7) is 0. The van der Waals surface area contributed by atoms with Crippen molar-refractivity contribution in [2.45, 2.75) is 37.8 Å². The van der Waals surface area contributed by atoms with Crippen LogP contribution in [0.1, 0.15) is 25.7 Å². The highest BCUT2D eigenvalue weighted by molar-refractivity contribution is 5.34. The number of hydrogen-bond acceptors (Lipinski definition) is 5. The Kier molecular flexibility index (Phi) is 3.81. The Morgan fingerprint density at radius 3 is 2.50 bits per heavy atom. The maximum Gasteiger partial charge on any atom is 0.342 e. The lowest BCUT2D eigenvalue weighted by Gasteiger charge is -2.34. The average molecular weight is 253 g/mol. The number of nitrogens with zero attached hydrogens (tertiary/aromatic N) is 2. The SMILES string of the molecule is CNC1CCC(N(C)c2n[nH]c(=O)[nH]c2=O)CC1. The zero-order chi connectivity index (χ0) is 13.1. The molecule has 0 aliphatic heterocycles. The van der Waals surface area contributed by atoms with Crippen LogP contribution in [0.3, 0.4) is 0 Å². The summed E-state index contributed by atoms with van der Waals surface area (Å²) in [5, 5.41) is 9.36. The Bertz CT molecular complexity index is 501. The fraction of sp³-hybridized carbons (Fsp3) is 0.727. The Morgan fingerprint density at radius 1 is 1.28 bits per heavy atom. The van der Waals surface area contributed by atoms with E-state index in [1.807, 2.05) is 19.0 Å². The normalized spacial score (nSPS) is 23.9. The predicted octanol–water partition coefficient (Wildman–Crippen LogP) is -0.575. The molecule has 1 saturated carbocycles. The summed E-state index contributed by atoms with van der Waals surface area (Å²) in [7, 11) is 3.82. The van der Waals surface area contributed by atoms with Crippen molar-refractivity contribution in [3.05, 3.63) is 20.8 Å². The van der Waals surface area contributed by atoms with Gasteiger partial charge in [0.2, 0.25) is 5.82 Å². The summed E-state index contributed by atoms with van der Waals surface area (Å²) in [5.74, 6) is 0.280. The van der Waals surface area contributed by atoms with Crippen molar-refractivity contribution in [3.8, 4) is 0 Å². The molecule has 0 atom stereocenters. The van der Waals surface area contributed by atoms with E-state index in [1.54, 1.807) is 0 Å². The summed E-state index contributed by atoms with van der Waals surface area (Å²) in [6, 6.07) is 0.866. The number of nitrogens with one attached hydrogen (secondary N) is 3. The van der Waals surface area contributed by atoms with Crippen molar-refractivity contribution in [2.75, 3.05) is 19.0 Å². The Morgan fingerprint density at radius 2 is 1.94 bits per heavy atom. The van der Waals surface area contributed by atoms with Crippen molar-refractivity contribution in [2.24, 2.45) is 0 Å². The van der Waals surface area contributed by atoms with Gasteiger partial charge in [-0.15, -0.1) is 5.10 Å². The Hall–Kier alpha value is -1.63. The minimum Gasteiger partial charge on any atom is -0.351 e. The van der Waals surface area contributed by atoms with Crippen LogP contribution in [0.15, 0.2) is 9.59 Å². The number of anilines is 1. The first-order valence-corrected chi connectivity index (χ1v) is 6.21. The molecule has 1 aliphatic carbocycles. The molecule has 0 amide bonds. The van der Waals surface area contributed by atoms with Gasteiger partial charge in [-0.25, -0.2) is 9.89 Å². The third-order valence-corrected chi connectivity index (χ3v) is 3.68. The molecule has 7 nitrogen and oxygen atoms in total. The number of H-pyrrole nitrogens is 2. The van der Waals surface area contributed by atoms with Gasteiger partial charge in [0.15, 0.2) is 0 Å². The van der Waals surface area contributed by atoms with Crippen molar-refractivity contribution >= 4 is 5.82 Å². The largest absolute Gasteiger partial charge is 0.351 e. The number of aromatic amines is 2. The number of rotatable bonds is 3. The van der Waals surface area contributed by atoms with Gasteiger partial charge in [0.25, 0.3) is 5.56 Å². The molecule has 0 spiro atoms. The van der Waals surface area contributed by atoms with E-state index in [-0.39, 0.29) is 5.82 Å². The number of aromatic nitrogens is 3. The fourth-order valence-electron chi connectivity index (χ4n) is 2.51. The molecule has 2 rings (SSSR count). The van der Waals surface area contributed by atoms with Crippen LogP contribution in [0.2, 0.25) is 0 Å². The summed E-state index contributed by atoms with van der Waals surface area (Å²) >= 11 is 0. The highest BCUT2D eigenvalue weighted by atomic mass is 16.2. The standard InChI is InChI=1S/C11H19N5O2/c1-12-7-3-5-8(6-4-7)16(2)9-10(17)13-11(18)15-14-9/h7-8,12H,3-6H2,1-2H3,(H2,13,15,17,18). The van der Waals surface area contributed by atoms with Gasteiger partial charge in [-0.2, -0.15) is 0 Å². The third kappa shape index (κ3) is 2.61. The minimum atomic E-state index is -0.573. The van der Waals surface area contributed by atoms with Gasteiger partial charge >= 0.3 is 5.69 Å². The maximum atomic E-state index is 11.7. The molecule has 7 heteroatoms. The van der Waals surface area contributed by atoms with Gasteiger partial charge < -0.3 is 10.2 Å². The molecule has 1 aliphatic rings. The van der Waals surface area contributed by atoms with Gasteiger partial charge in [-0.3, -0.25) is 9.78 Å². The van der Waals surface area contributed by atoms with Crippen molar-refractivity contribution < 1.29 is 0 Å². The van der Waals surface area contributed by atoms with E-state index in [0.29, 0.717) is 12.1 Å². The molecule has 1 heterocycles. The highest BCUT2D eigenvalue weighted by Gasteiger charge is 2.25. The van der Waals surface area contributed by atoms with Crippen molar-refractivity contribution in [1.29, 1.82) is 0 Å². The van der Waals surface area contributed by atoms with Crippen molar-refractivity contribution in [3.63, 3.8) is 0 Å². The molecule has 0 aromatic carbocycles. The minimum absolute atomic E-state index is 0.280. The molecule has 3 N–H and O–H groups in total. The molecule has 1 fully saturated rings. The molecule has 0 unspecified atom stereocenters. The zero-order valence-corrected chi connectivity index (χ0v) is 10.7. The molecular formula is C11H19N5O2. The first kappa shape index (κ1) is 12.8.